The van der Waals surface area contributed by atoms with Gasteiger partial charge in [0.25, 0.3) is 0 Å². The van der Waals surface area contributed by atoms with E-state index in [1.54, 1.807) is 0 Å². The minimum Gasteiger partial charge on any atom is -0.355 e. The van der Waals surface area contributed by atoms with Gasteiger partial charge in [0.15, 0.2) is 0 Å². The van der Waals surface area contributed by atoms with Gasteiger partial charge in [-0.3, -0.25) is 0 Å². The molecule has 0 atom stereocenters. The molecule has 0 radical (unpaired) electrons. The molecule has 2 heteroatoms. The topological polar surface area (TPSA) is 35.8 Å². The molecule has 1 N–H and O–H groups in total. The van der Waals surface area contributed by atoms with Crippen molar-refractivity contribution in [1.29, 1.82) is 5.26 Å². The Morgan fingerprint density at radius 3 is 2.59 bits per heavy atom. The lowest BCUT2D eigenvalue weighted by molar-refractivity contribution is 1.46. The van der Waals surface area contributed by atoms with Gasteiger partial charge in [0, 0.05) is 16.9 Å². The zero-order chi connectivity index (χ0) is 11.7. The summed E-state index contributed by atoms with van der Waals surface area (Å²) >= 11 is 0. The van der Waals surface area contributed by atoms with E-state index in [1.807, 2.05) is 48.6 Å². The Morgan fingerprint density at radius 1 is 0.882 bits per heavy atom. The minimum absolute atomic E-state index is 0.694. The molecule has 0 unspecified atom stereocenters. The second-order valence-electron chi connectivity index (χ2n) is 3.92. The number of hydrogen-bond acceptors (Lipinski definition) is 2. The van der Waals surface area contributed by atoms with E-state index < -0.39 is 0 Å². The number of rotatable bonds is 0. The number of fused-ring (bicyclic) bond motifs is 2. The second kappa shape index (κ2) is 3.80. The monoisotopic (exact) mass is 218 g/mol. The molecule has 2 aromatic carbocycles. The Bertz CT molecular complexity index is 648. The maximum Gasteiger partial charge on any atom is 0.0998 e. The third-order valence-electron chi connectivity index (χ3n) is 2.89. The van der Waals surface area contributed by atoms with Crippen LogP contribution >= 0.6 is 0 Å². The predicted molar refractivity (Wildman–Crippen MR) is 69.8 cm³/mol. The molecule has 2 aromatic rings. The van der Waals surface area contributed by atoms with E-state index in [0.29, 0.717) is 5.56 Å². The molecule has 1 aliphatic rings. The molecule has 1 heterocycles. The molecule has 0 saturated carbocycles. The van der Waals surface area contributed by atoms with Gasteiger partial charge in [0.05, 0.1) is 11.6 Å². The SMILES string of the molecule is N#Cc1cccc2c1C=Cc1ccccc1N2. The third kappa shape index (κ3) is 1.58. The third-order valence-corrected chi connectivity index (χ3v) is 2.89. The van der Waals surface area contributed by atoms with Crippen molar-refractivity contribution in [2.75, 3.05) is 5.32 Å². The van der Waals surface area contributed by atoms with Crippen LogP contribution in [0.3, 0.4) is 0 Å². The van der Waals surface area contributed by atoms with Crippen LogP contribution in [0, 0.1) is 11.3 Å². The van der Waals surface area contributed by atoms with Crippen LogP contribution in [0.25, 0.3) is 12.2 Å². The minimum atomic E-state index is 0.694. The van der Waals surface area contributed by atoms with Gasteiger partial charge in [0.2, 0.25) is 0 Å². The molecule has 17 heavy (non-hydrogen) atoms. The molecule has 0 aromatic heterocycles. The van der Waals surface area contributed by atoms with Gasteiger partial charge in [-0.25, -0.2) is 0 Å². The Labute approximate surface area is 99.8 Å². The maximum atomic E-state index is 9.09. The van der Waals surface area contributed by atoms with Crippen LogP contribution in [0.2, 0.25) is 0 Å². The van der Waals surface area contributed by atoms with E-state index >= 15 is 0 Å². The molecule has 0 fully saturated rings. The molecular formula is C15H10N2. The Kier molecular flexibility index (Phi) is 2.16. The molecule has 80 valence electrons. The average molecular weight is 218 g/mol. The summed E-state index contributed by atoms with van der Waals surface area (Å²) in [5, 5.41) is 12.5. The number of nitrogens with zero attached hydrogens (tertiary/aromatic N) is 1. The summed E-state index contributed by atoms with van der Waals surface area (Å²) in [7, 11) is 0. The van der Waals surface area contributed by atoms with E-state index in [2.05, 4.69) is 17.5 Å². The van der Waals surface area contributed by atoms with Gasteiger partial charge in [0.1, 0.15) is 0 Å². The quantitative estimate of drug-likeness (QED) is 0.623. The van der Waals surface area contributed by atoms with Crippen LogP contribution in [-0.4, -0.2) is 0 Å². The number of anilines is 2. The summed E-state index contributed by atoms with van der Waals surface area (Å²) < 4.78 is 0. The van der Waals surface area contributed by atoms with E-state index in [0.717, 1.165) is 22.5 Å². The summed E-state index contributed by atoms with van der Waals surface area (Å²) in [6.07, 6.45) is 4.03. The lowest BCUT2D eigenvalue weighted by Crippen LogP contribution is -1.94. The fourth-order valence-corrected chi connectivity index (χ4v) is 2.03. The summed E-state index contributed by atoms with van der Waals surface area (Å²) in [5.41, 5.74) is 4.82. The van der Waals surface area contributed by atoms with E-state index in [9.17, 15) is 0 Å². The van der Waals surface area contributed by atoms with E-state index in [4.69, 9.17) is 5.26 Å². The highest BCUT2D eigenvalue weighted by molar-refractivity contribution is 5.89. The normalized spacial score (nSPS) is 11.7. The molecular weight excluding hydrogens is 208 g/mol. The Hall–Kier alpha value is -2.53. The summed E-state index contributed by atoms with van der Waals surface area (Å²) in [5.74, 6) is 0. The second-order valence-corrected chi connectivity index (χ2v) is 3.92. The number of benzene rings is 2. The standard InChI is InChI=1S/C15H10N2/c16-10-12-5-3-7-15-13(12)9-8-11-4-1-2-6-14(11)17-15/h1-9,17H. The van der Waals surface area contributed by atoms with Crippen LogP contribution in [0.15, 0.2) is 42.5 Å². The van der Waals surface area contributed by atoms with E-state index in [1.165, 1.54) is 0 Å². The molecule has 0 saturated heterocycles. The fourth-order valence-electron chi connectivity index (χ4n) is 2.03. The first-order valence-electron chi connectivity index (χ1n) is 5.46. The molecule has 0 bridgehead atoms. The van der Waals surface area contributed by atoms with Gasteiger partial charge < -0.3 is 5.32 Å². The van der Waals surface area contributed by atoms with Crippen molar-refractivity contribution in [2.24, 2.45) is 0 Å². The lowest BCUT2D eigenvalue weighted by atomic mass is 10.1. The van der Waals surface area contributed by atoms with Crippen LogP contribution < -0.4 is 5.32 Å². The van der Waals surface area contributed by atoms with Crippen LogP contribution in [0.4, 0.5) is 11.4 Å². The van der Waals surface area contributed by atoms with Crippen molar-refractivity contribution >= 4 is 23.5 Å². The van der Waals surface area contributed by atoms with Gasteiger partial charge in [-0.1, -0.05) is 36.4 Å². The maximum absolute atomic E-state index is 9.09. The summed E-state index contributed by atoms with van der Waals surface area (Å²) in [6.45, 7) is 0. The fraction of sp³-hybridized carbons (Fsp3) is 0. The highest BCUT2D eigenvalue weighted by Crippen LogP contribution is 2.31. The number of nitrogens with one attached hydrogen (secondary N) is 1. The largest absolute Gasteiger partial charge is 0.355 e. The predicted octanol–water partition coefficient (Wildman–Crippen LogP) is 3.79. The number of para-hydroxylation sites is 1. The summed E-state index contributed by atoms with van der Waals surface area (Å²) in [6, 6.07) is 16.0. The first-order chi connectivity index (χ1) is 8.38. The van der Waals surface area contributed by atoms with Crippen LogP contribution in [0.1, 0.15) is 16.7 Å². The first-order valence-corrected chi connectivity index (χ1v) is 5.46. The van der Waals surface area contributed by atoms with Crippen molar-refractivity contribution in [1.82, 2.24) is 0 Å². The highest BCUT2D eigenvalue weighted by atomic mass is 14.9. The van der Waals surface area contributed by atoms with Gasteiger partial charge in [-0.15, -0.1) is 0 Å². The molecule has 0 spiro atoms. The molecule has 0 amide bonds. The van der Waals surface area contributed by atoms with E-state index in [-0.39, 0.29) is 0 Å². The van der Waals surface area contributed by atoms with Crippen molar-refractivity contribution < 1.29 is 0 Å². The highest BCUT2D eigenvalue weighted by Gasteiger charge is 2.10. The molecule has 3 rings (SSSR count). The molecule has 0 aliphatic carbocycles. The summed E-state index contributed by atoms with van der Waals surface area (Å²) in [4.78, 5) is 0. The van der Waals surface area contributed by atoms with Gasteiger partial charge in [-0.2, -0.15) is 5.26 Å². The Balaban J connectivity index is 2.22. The van der Waals surface area contributed by atoms with Crippen LogP contribution in [0.5, 0.6) is 0 Å². The molecule has 2 nitrogen and oxygen atoms in total. The van der Waals surface area contributed by atoms with Gasteiger partial charge in [-0.05, 0) is 23.8 Å². The smallest absolute Gasteiger partial charge is 0.0998 e. The lowest BCUT2D eigenvalue weighted by Gasteiger charge is -2.09. The molecule has 1 aliphatic heterocycles. The van der Waals surface area contributed by atoms with Crippen LogP contribution in [-0.2, 0) is 0 Å². The Morgan fingerprint density at radius 2 is 1.71 bits per heavy atom. The number of hydrogen-bond donors (Lipinski definition) is 1. The zero-order valence-electron chi connectivity index (χ0n) is 9.14. The van der Waals surface area contributed by atoms with Crippen molar-refractivity contribution in [3.63, 3.8) is 0 Å². The van der Waals surface area contributed by atoms with Crippen molar-refractivity contribution in [2.45, 2.75) is 0 Å². The van der Waals surface area contributed by atoms with Crippen molar-refractivity contribution in [3.05, 3.63) is 59.2 Å². The van der Waals surface area contributed by atoms with Crippen molar-refractivity contribution in [3.8, 4) is 6.07 Å². The number of nitriles is 1. The van der Waals surface area contributed by atoms with Gasteiger partial charge >= 0.3 is 0 Å². The first kappa shape index (κ1) is 9.68. The zero-order valence-corrected chi connectivity index (χ0v) is 9.14. The average Bonchev–Trinajstić information content (AvgIpc) is 2.57.